The monoisotopic (exact) mass is 140 g/mol. The van der Waals surface area contributed by atoms with Gasteiger partial charge in [0, 0.05) is 40.1 Å². The Bertz CT molecular complexity index is 134. The Morgan fingerprint density at radius 1 is 1.20 bits per heavy atom. The lowest BCUT2D eigenvalue weighted by Gasteiger charge is -2.12. The first-order valence-corrected chi connectivity index (χ1v) is 3.25. The maximum absolute atomic E-state index is 3.84. The summed E-state index contributed by atoms with van der Waals surface area (Å²) in [5, 5.41) is 0. The van der Waals surface area contributed by atoms with Gasteiger partial charge < -0.3 is 9.80 Å². The van der Waals surface area contributed by atoms with E-state index >= 15 is 0 Å². The molecule has 0 unspecified atom stereocenters. The molecule has 0 radical (unpaired) electrons. The fourth-order valence-corrected chi connectivity index (χ4v) is 0.384. The minimum atomic E-state index is 1.01. The van der Waals surface area contributed by atoms with Gasteiger partial charge in [-0.3, -0.25) is 0 Å². The summed E-state index contributed by atoms with van der Waals surface area (Å²) in [6, 6.07) is 0. The standard InChI is InChI=1S/C8H16N2/c1-8(10(4)5)6-7-9(2)3/h6-7H,1H2,2-5H3. The Morgan fingerprint density at radius 2 is 1.70 bits per heavy atom. The largest absolute Gasteiger partial charge is 0.383 e. The molecule has 0 fully saturated rings. The molecule has 0 aliphatic heterocycles. The fraction of sp³-hybridized carbons (Fsp3) is 0.500. The Morgan fingerprint density at radius 3 is 2.00 bits per heavy atom. The highest BCUT2D eigenvalue weighted by molar-refractivity contribution is 5.11. The van der Waals surface area contributed by atoms with Crippen molar-refractivity contribution < 1.29 is 0 Å². The molecule has 0 aromatic rings. The Kier molecular flexibility index (Phi) is 3.62. The number of nitrogens with zero attached hydrogens (tertiary/aromatic N) is 2. The van der Waals surface area contributed by atoms with E-state index in [1.165, 1.54) is 0 Å². The van der Waals surface area contributed by atoms with Crippen molar-refractivity contribution >= 4 is 0 Å². The van der Waals surface area contributed by atoms with Gasteiger partial charge in [0.05, 0.1) is 0 Å². The molecule has 0 saturated heterocycles. The minimum Gasteiger partial charge on any atom is -0.383 e. The highest BCUT2D eigenvalue weighted by atomic mass is 15.1. The SMILES string of the molecule is C=C(C=CN(C)C)N(C)C. The fourth-order valence-electron chi connectivity index (χ4n) is 0.384. The van der Waals surface area contributed by atoms with E-state index in [1.54, 1.807) is 0 Å². The van der Waals surface area contributed by atoms with Crippen LogP contribution in [0.2, 0.25) is 0 Å². The number of hydrogen-bond acceptors (Lipinski definition) is 2. The quantitative estimate of drug-likeness (QED) is 0.542. The van der Waals surface area contributed by atoms with Gasteiger partial charge in [0.25, 0.3) is 0 Å². The van der Waals surface area contributed by atoms with E-state index in [1.807, 2.05) is 50.3 Å². The van der Waals surface area contributed by atoms with E-state index in [2.05, 4.69) is 6.58 Å². The maximum Gasteiger partial charge on any atom is 0.0302 e. The lowest BCUT2D eigenvalue weighted by Crippen LogP contribution is -2.09. The second-order valence-corrected chi connectivity index (χ2v) is 2.67. The molecular formula is C8H16N2. The van der Waals surface area contributed by atoms with Crippen LogP contribution in [0.25, 0.3) is 0 Å². The summed E-state index contributed by atoms with van der Waals surface area (Å²) < 4.78 is 0. The third kappa shape index (κ3) is 4.01. The van der Waals surface area contributed by atoms with Crippen molar-refractivity contribution in [2.45, 2.75) is 0 Å². The van der Waals surface area contributed by atoms with Gasteiger partial charge >= 0.3 is 0 Å². The molecule has 0 saturated carbocycles. The van der Waals surface area contributed by atoms with Gasteiger partial charge in [0.1, 0.15) is 0 Å². The average Bonchev–Trinajstić information content (AvgIpc) is 1.82. The van der Waals surface area contributed by atoms with Crippen LogP contribution in [0.5, 0.6) is 0 Å². The van der Waals surface area contributed by atoms with Crippen molar-refractivity contribution in [1.82, 2.24) is 9.80 Å². The van der Waals surface area contributed by atoms with Crippen LogP contribution in [0.15, 0.2) is 24.6 Å². The first kappa shape index (κ1) is 9.08. The summed E-state index contributed by atoms with van der Waals surface area (Å²) in [7, 11) is 7.92. The second-order valence-electron chi connectivity index (χ2n) is 2.67. The first-order chi connectivity index (χ1) is 4.54. The normalized spacial score (nSPS) is 10.0. The molecule has 0 rings (SSSR count). The lowest BCUT2D eigenvalue weighted by atomic mass is 10.4. The van der Waals surface area contributed by atoms with Crippen LogP contribution < -0.4 is 0 Å². The van der Waals surface area contributed by atoms with Gasteiger partial charge in [-0.15, -0.1) is 0 Å². The van der Waals surface area contributed by atoms with Crippen molar-refractivity contribution in [3.8, 4) is 0 Å². The Labute approximate surface area is 63.4 Å². The average molecular weight is 140 g/mol. The van der Waals surface area contributed by atoms with E-state index in [4.69, 9.17) is 0 Å². The van der Waals surface area contributed by atoms with E-state index in [0.717, 1.165) is 5.70 Å². The number of hydrogen-bond donors (Lipinski definition) is 0. The second kappa shape index (κ2) is 3.99. The topological polar surface area (TPSA) is 6.48 Å². The molecule has 0 atom stereocenters. The molecule has 0 aliphatic carbocycles. The predicted octanol–water partition coefficient (Wildman–Crippen LogP) is 1.14. The van der Waals surface area contributed by atoms with Gasteiger partial charge in [-0.1, -0.05) is 6.58 Å². The number of rotatable bonds is 3. The summed E-state index contributed by atoms with van der Waals surface area (Å²) in [4.78, 5) is 3.95. The number of likely N-dealkylation sites (N-methyl/N-ethyl adjacent to an activating group) is 1. The van der Waals surface area contributed by atoms with E-state index in [-0.39, 0.29) is 0 Å². The van der Waals surface area contributed by atoms with Crippen LogP contribution >= 0.6 is 0 Å². The van der Waals surface area contributed by atoms with Crippen LogP contribution in [0.1, 0.15) is 0 Å². The Balaban J connectivity index is 3.79. The van der Waals surface area contributed by atoms with Crippen LogP contribution in [-0.2, 0) is 0 Å². The van der Waals surface area contributed by atoms with Crippen LogP contribution in [-0.4, -0.2) is 38.0 Å². The molecule has 0 heterocycles. The molecule has 0 aromatic carbocycles. The van der Waals surface area contributed by atoms with Gasteiger partial charge in [-0.25, -0.2) is 0 Å². The molecule has 2 nitrogen and oxygen atoms in total. The van der Waals surface area contributed by atoms with Gasteiger partial charge in [0.2, 0.25) is 0 Å². The molecule has 58 valence electrons. The van der Waals surface area contributed by atoms with E-state index < -0.39 is 0 Å². The smallest absolute Gasteiger partial charge is 0.0302 e. The zero-order chi connectivity index (χ0) is 8.15. The molecular weight excluding hydrogens is 124 g/mol. The zero-order valence-electron chi connectivity index (χ0n) is 7.26. The number of allylic oxidation sites excluding steroid dienone is 1. The molecule has 0 amide bonds. The van der Waals surface area contributed by atoms with Crippen molar-refractivity contribution in [2.75, 3.05) is 28.2 Å². The third-order valence-corrected chi connectivity index (χ3v) is 1.14. The summed E-state index contributed by atoms with van der Waals surface area (Å²) >= 11 is 0. The van der Waals surface area contributed by atoms with Gasteiger partial charge in [-0.05, 0) is 6.08 Å². The molecule has 0 N–H and O–H groups in total. The zero-order valence-corrected chi connectivity index (χ0v) is 7.26. The lowest BCUT2D eigenvalue weighted by molar-refractivity contribution is 0.522. The minimum absolute atomic E-state index is 1.01. The van der Waals surface area contributed by atoms with E-state index in [0.29, 0.717) is 0 Å². The summed E-state index contributed by atoms with van der Waals surface area (Å²) in [5.41, 5.74) is 1.01. The highest BCUT2D eigenvalue weighted by Crippen LogP contribution is 1.95. The van der Waals surface area contributed by atoms with Crippen LogP contribution in [0.3, 0.4) is 0 Å². The third-order valence-electron chi connectivity index (χ3n) is 1.14. The molecule has 0 bridgehead atoms. The molecule has 2 heteroatoms. The van der Waals surface area contributed by atoms with Crippen molar-refractivity contribution in [1.29, 1.82) is 0 Å². The molecule has 10 heavy (non-hydrogen) atoms. The maximum atomic E-state index is 3.84. The molecule has 0 spiro atoms. The van der Waals surface area contributed by atoms with E-state index in [9.17, 15) is 0 Å². The van der Waals surface area contributed by atoms with Crippen LogP contribution in [0.4, 0.5) is 0 Å². The van der Waals surface area contributed by atoms with Crippen LogP contribution in [0, 0.1) is 0 Å². The molecule has 0 aliphatic rings. The summed E-state index contributed by atoms with van der Waals surface area (Å²) in [5.74, 6) is 0. The van der Waals surface area contributed by atoms with Gasteiger partial charge in [-0.2, -0.15) is 0 Å². The highest BCUT2D eigenvalue weighted by Gasteiger charge is 1.87. The van der Waals surface area contributed by atoms with Crippen molar-refractivity contribution in [3.05, 3.63) is 24.6 Å². The first-order valence-electron chi connectivity index (χ1n) is 3.25. The molecule has 0 aromatic heterocycles. The predicted molar refractivity (Wildman–Crippen MR) is 45.7 cm³/mol. The van der Waals surface area contributed by atoms with Gasteiger partial charge in [0.15, 0.2) is 0 Å². The summed E-state index contributed by atoms with van der Waals surface area (Å²) in [6.45, 7) is 3.84. The summed E-state index contributed by atoms with van der Waals surface area (Å²) in [6.07, 6.45) is 3.95. The van der Waals surface area contributed by atoms with Crippen molar-refractivity contribution in [2.24, 2.45) is 0 Å². The van der Waals surface area contributed by atoms with Crippen molar-refractivity contribution in [3.63, 3.8) is 0 Å². The Hall–Kier alpha value is -0.920.